The van der Waals surface area contributed by atoms with Gasteiger partial charge in [0.25, 0.3) is 0 Å². The first-order valence-electron chi connectivity index (χ1n) is 5.15. The standard InChI is InChI=1S/C11H14F2N2/c12-9-4-8(14)5-10(13)11(9)15-6-7-2-1-3-7/h4-5,7,15H,1-3,6,14H2. The first kappa shape index (κ1) is 10.2. The number of halogens is 2. The van der Waals surface area contributed by atoms with E-state index in [-0.39, 0.29) is 11.4 Å². The second-order valence-electron chi connectivity index (χ2n) is 4.04. The first-order valence-corrected chi connectivity index (χ1v) is 5.15. The highest BCUT2D eigenvalue weighted by Gasteiger charge is 2.18. The maximum Gasteiger partial charge on any atom is 0.151 e. The van der Waals surface area contributed by atoms with E-state index in [2.05, 4.69) is 5.32 Å². The Kier molecular flexibility index (Phi) is 2.75. The number of hydrogen-bond donors (Lipinski definition) is 2. The summed E-state index contributed by atoms with van der Waals surface area (Å²) in [7, 11) is 0. The Labute approximate surface area is 87.5 Å². The van der Waals surface area contributed by atoms with Crippen LogP contribution in [0.5, 0.6) is 0 Å². The lowest BCUT2D eigenvalue weighted by atomic mass is 9.85. The minimum atomic E-state index is -0.619. The van der Waals surface area contributed by atoms with Crippen molar-refractivity contribution in [3.63, 3.8) is 0 Å². The van der Waals surface area contributed by atoms with E-state index in [1.165, 1.54) is 6.42 Å². The summed E-state index contributed by atoms with van der Waals surface area (Å²) in [5.74, 6) is -0.681. The van der Waals surface area contributed by atoms with Crippen LogP contribution < -0.4 is 11.1 Å². The van der Waals surface area contributed by atoms with E-state index >= 15 is 0 Å². The molecule has 3 N–H and O–H groups in total. The molecule has 2 rings (SSSR count). The SMILES string of the molecule is Nc1cc(F)c(NCC2CCC2)c(F)c1. The van der Waals surface area contributed by atoms with E-state index in [1.807, 2.05) is 0 Å². The van der Waals surface area contributed by atoms with Crippen molar-refractivity contribution in [3.8, 4) is 0 Å². The molecule has 0 aromatic heterocycles. The zero-order valence-corrected chi connectivity index (χ0v) is 8.39. The van der Waals surface area contributed by atoms with Gasteiger partial charge in [0.15, 0.2) is 11.6 Å². The van der Waals surface area contributed by atoms with Gasteiger partial charge in [0.2, 0.25) is 0 Å². The first-order chi connectivity index (χ1) is 7.16. The lowest BCUT2D eigenvalue weighted by Crippen LogP contribution is -2.21. The molecule has 0 spiro atoms. The lowest BCUT2D eigenvalue weighted by molar-refractivity contribution is 0.332. The molecule has 15 heavy (non-hydrogen) atoms. The van der Waals surface area contributed by atoms with Crippen molar-refractivity contribution < 1.29 is 8.78 Å². The number of benzene rings is 1. The molecule has 1 aliphatic carbocycles. The molecule has 0 atom stereocenters. The molecule has 4 heteroatoms. The maximum absolute atomic E-state index is 13.3. The quantitative estimate of drug-likeness (QED) is 0.756. The monoisotopic (exact) mass is 212 g/mol. The fourth-order valence-electron chi connectivity index (χ4n) is 1.70. The second-order valence-corrected chi connectivity index (χ2v) is 4.04. The number of rotatable bonds is 3. The minimum absolute atomic E-state index is 0.0592. The Morgan fingerprint density at radius 1 is 1.27 bits per heavy atom. The summed E-state index contributed by atoms with van der Waals surface area (Å²) in [6.45, 7) is 0.637. The second kappa shape index (κ2) is 4.04. The van der Waals surface area contributed by atoms with Gasteiger partial charge in [-0.05, 0) is 30.9 Å². The summed E-state index contributed by atoms with van der Waals surface area (Å²) in [6.07, 6.45) is 3.51. The predicted molar refractivity (Wildman–Crippen MR) is 56.6 cm³/mol. The minimum Gasteiger partial charge on any atom is -0.399 e. The van der Waals surface area contributed by atoms with Crippen LogP contribution in [0.3, 0.4) is 0 Å². The zero-order chi connectivity index (χ0) is 10.8. The number of nitrogens with one attached hydrogen (secondary N) is 1. The molecule has 0 aliphatic heterocycles. The molecule has 0 saturated heterocycles. The van der Waals surface area contributed by atoms with E-state index in [4.69, 9.17) is 5.73 Å². The largest absolute Gasteiger partial charge is 0.399 e. The van der Waals surface area contributed by atoms with Crippen LogP contribution in [-0.4, -0.2) is 6.54 Å². The van der Waals surface area contributed by atoms with Gasteiger partial charge in [-0.2, -0.15) is 0 Å². The smallest absolute Gasteiger partial charge is 0.151 e. The van der Waals surface area contributed by atoms with Crippen molar-refractivity contribution in [2.24, 2.45) is 5.92 Å². The van der Waals surface area contributed by atoms with Gasteiger partial charge in [-0.1, -0.05) is 6.42 Å². The normalized spacial score (nSPS) is 16.1. The third-order valence-corrected chi connectivity index (χ3v) is 2.86. The molecule has 82 valence electrons. The van der Waals surface area contributed by atoms with Crippen LogP contribution >= 0.6 is 0 Å². The summed E-state index contributed by atoms with van der Waals surface area (Å²) in [6, 6.07) is 2.26. The number of hydrogen-bond acceptors (Lipinski definition) is 2. The fraction of sp³-hybridized carbons (Fsp3) is 0.455. The lowest BCUT2D eigenvalue weighted by Gasteiger charge is -2.26. The van der Waals surface area contributed by atoms with Gasteiger partial charge in [-0.15, -0.1) is 0 Å². The average Bonchev–Trinajstić information content (AvgIpc) is 2.06. The summed E-state index contributed by atoms with van der Waals surface area (Å²) in [5.41, 5.74) is 5.37. The highest BCUT2D eigenvalue weighted by molar-refractivity contribution is 5.54. The van der Waals surface area contributed by atoms with Gasteiger partial charge in [0.1, 0.15) is 5.69 Å². The van der Waals surface area contributed by atoms with Gasteiger partial charge >= 0.3 is 0 Å². The van der Waals surface area contributed by atoms with Crippen molar-refractivity contribution in [2.75, 3.05) is 17.6 Å². The van der Waals surface area contributed by atoms with E-state index in [0.717, 1.165) is 25.0 Å². The summed E-state index contributed by atoms with van der Waals surface area (Å²) in [5, 5.41) is 2.80. The molecule has 1 aromatic carbocycles. The third kappa shape index (κ3) is 2.19. The molecular weight excluding hydrogens is 198 g/mol. The zero-order valence-electron chi connectivity index (χ0n) is 8.39. The van der Waals surface area contributed by atoms with Gasteiger partial charge in [0, 0.05) is 12.2 Å². The van der Waals surface area contributed by atoms with Crippen LogP contribution in [-0.2, 0) is 0 Å². The van der Waals surface area contributed by atoms with Crippen molar-refractivity contribution in [1.82, 2.24) is 0 Å². The van der Waals surface area contributed by atoms with Crippen LogP contribution in [0.2, 0.25) is 0 Å². The Balaban J connectivity index is 2.05. The molecular formula is C11H14F2N2. The molecule has 1 fully saturated rings. The molecule has 0 amide bonds. The summed E-state index contributed by atoms with van der Waals surface area (Å²) < 4.78 is 26.6. The number of nitrogen functional groups attached to an aromatic ring is 1. The molecule has 0 radical (unpaired) electrons. The summed E-state index contributed by atoms with van der Waals surface area (Å²) >= 11 is 0. The predicted octanol–water partition coefficient (Wildman–Crippen LogP) is 2.76. The topological polar surface area (TPSA) is 38.0 Å². The highest BCUT2D eigenvalue weighted by atomic mass is 19.1. The van der Waals surface area contributed by atoms with E-state index in [1.54, 1.807) is 0 Å². The van der Waals surface area contributed by atoms with E-state index in [9.17, 15) is 8.78 Å². The molecule has 1 aliphatic rings. The molecule has 2 nitrogen and oxygen atoms in total. The van der Waals surface area contributed by atoms with Crippen LogP contribution in [0.4, 0.5) is 20.2 Å². The summed E-state index contributed by atoms with van der Waals surface area (Å²) in [4.78, 5) is 0. The van der Waals surface area contributed by atoms with Gasteiger partial charge < -0.3 is 11.1 Å². The van der Waals surface area contributed by atoms with Gasteiger partial charge in [-0.3, -0.25) is 0 Å². The Morgan fingerprint density at radius 2 is 1.87 bits per heavy atom. The molecule has 0 heterocycles. The highest BCUT2D eigenvalue weighted by Crippen LogP contribution is 2.28. The Morgan fingerprint density at radius 3 is 2.33 bits per heavy atom. The Hall–Kier alpha value is -1.32. The molecule has 0 unspecified atom stereocenters. The maximum atomic E-state index is 13.3. The fourth-order valence-corrected chi connectivity index (χ4v) is 1.70. The van der Waals surface area contributed by atoms with Gasteiger partial charge in [0.05, 0.1) is 0 Å². The van der Waals surface area contributed by atoms with Crippen molar-refractivity contribution in [2.45, 2.75) is 19.3 Å². The van der Waals surface area contributed by atoms with Crippen molar-refractivity contribution in [1.29, 1.82) is 0 Å². The Bertz CT molecular complexity index is 339. The number of anilines is 2. The number of nitrogens with two attached hydrogens (primary N) is 1. The van der Waals surface area contributed by atoms with E-state index < -0.39 is 11.6 Å². The van der Waals surface area contributed by atoms with Crippen LogP contribution in [0.15, 0.2) is 12.1 Å². The average molecular weight is 212 g/mol. The van der Waals surface area contributed by atoms with Crippen LogP contribution in [0, 0.1) is 17.6 Å². The molecule has 0 bridgehead atoms. The van der Waals surface area contributed by atoms with Gasteiger partial charge in [-0.25, -0.2) is 8.78 Å². The van der Waals surface area contributed by atoms with Crippen LogP contribution in [0.1, 0.15) is 19.3 Å². The molecule has 1 aromatic rings. The molecule has 1 saturated carbocycles. The van der Waals surface area contributed by atoms with Crippen molar-refractivity contribution >= 4 is 11.4 Å². The third-order valence-electron chi connectivity index (χ3n) is 2.86. The van der Waals surface area contributed by atoms with Crippen LogP contribution in [0.25, 0.3) is 0 Å². The van der Waals surface area contributed by atoms with Crippen molar-refractivity contribution in [3.05, 3.63) is 23.8 Å². The van der Waals surface area contributed by atoms with E-state index in [0.29, 0.717) is 12.5 Å².